The number of hydrogen-bond acceptors (Lipinski definition) is 3. The molecule has 0 saturated carbocycles. The Bertz CT molecular complexity index is 582. The van der Waals surface area contributed by atoms with Gasteiger partial charge in [-0.1, -0.05) is 19.9 Å². The van der Waals surface area contributed by atoms with E-state index in [1.54, 1.807) is 6.07 Å². The largest absolute Gasteiger partial charge is 0.398 e. The average molecular weight is 283 g/mol. The van der Waals surface area contributed by atoms with Gasteiger partial charge in [-0.25, -0.2) is 0 Å². The Morgan fingerprint density at radius 1 is 1.42 bits per heavy atom. The molecule has 0 saturated heterocycles. The number of rotatable bonds is 4. The minimum Gasteiger partial charge on any atom is -0.398 e. The number of nitrogens with one attached hydrogen (secondary N) is 1. The predicted octanol–water partition coefficient (Wildman–Crippen LogP) is 1.43. The first-order chi connectivity index (χ1) is 8.81. The molecule has 19 heavy (non-hydrogen) atoms. The highest BCUT2D eigenvalue weighted by Crippen LogP contribution is 2.33. The van der Waals surface area contributed by atoms with Gasteiger partial charge in [0.2, 0.25) is 0 Å². The fourth-order valence-electron chi connectivity index (χ4n) is 2.15. The van der Waals surface area contributed by atoms with Crippen molar-refractivity contribution in [3.05, 3.63) is 23.3 Å². The first-order valence-electron chi connectivity index (χ1n) is 6.47. The minimum atomic E-state index is -3.47. The lowest BCUT2D eigenvalue weighted by molar-refractivity contribution is 0.557. The van der Waals surface area contributed by atoms with Gasteiger partial charge in [0.25, 0.3) is 0 Å². The van der Waals surface area contributed by atoms with Crippen LogP contribution in [0.1, 0.15) is 25.0 Å². The van der Waals surface area contributed by atoms with Crippen molar-refractivity contribution in [1.29, 1.82) is 0 Å². The first kappa shape index (κ1) is 14.1. The van der Waals surface area contributed by atoms with Crippen molar-refractivity contribution in [2.24, 2.45) is 5.92 Å². The molecule has 6 heteroatoms. The van der Waals surface area contributed by atoms with E-state index in [-0.39, 0.29) is 5.92 Å². The maximum absolute atomic E-state index is 12.3. The standard InChI is InChI=1S/C13H21N3O2S/c1-9(2)8-15-19(17,18)16-5-4-11-6-10(3)12(14)7-13(11)16/h6-7,9,15H,4-5,8,14H2,1-3H3. The maximum Gasteiger partial charge on any atom is 0.301 e. The van der Waals surface area contributed by atoms with Gasteiger partial charge < -0.3 is 5.73 Å². The fraction of sp³-hybridized carbons (Fsp3) is 0.538. The number of nitrogens with zero attached hydrogens (tertiary/aromatic N) is 1. The molecule has 1 heterocycles. The van der Waals surface area contributed by atoms with Crippen LogP contribution in [0.3, 0.4) is 0 Å². The second kappa shape index (κ2) is 5.02. The second-order valence-electron chi connectivity index (χ2n) is 5.41. The van der Waals surface area contributed by atoms with E-state index in [1.807, 2.05) is 26.8 Å². The number of nitrogens with two attached hydrogens (primary N) is 1. The quantitative estimate of drug-likeness (QED) is 0.821. The van der Waals surface area contributed by atoms with Crippen LogP contribution in [0.5, 0.6) is 0 Å². The molecule has 1 aliphatic heterocycles. The zero-order valence-electron chi connectivity index (χ0n) is 11.6. The molecular weight excluding hydrogens is 262 g/mol. The summed E-state index contributed by atoms with van der Waals surface area (Å²) in [6.07, 6.45) is 0.735. The summed E-state index contributed by atoms with van der Waals surface area (Å²) in [7, 11) is -3.47. The Morgan fingerprint density at radius 2 is 2.11 bits per heavy atom. The molecule has 0 unspecified atom stereocenters. The molecule has 0 spiro atoms. The zero-order chi connectivity index (χ0) is 14.2. The lowest BCUT2D eigenvalue weighted by Crippen LogP contribution is -2.41. The van der Waals surface area contributed by atoms with Gasteiger partial charge in [-0.3, -0.25) is 4.31 Å². The molecule has 106 valence electrons. The molecular formula is C13H21N3O2S. The van der Waals surface area contributed by atoms with Crippen LogP contribution in [0.25, 0.3) is 0 Å². The van der Waals surface area contributed by atoms with E-state index in [1.165, 1.54) is 4.31 Å². The van der Waals surface area contributed by atoms with Crippen molar-refractivity contribution in [3.63, 3.8) is 0 Å². The summed E-state index contributed by atoms with van der Waals surface area (Å²) >= 11 is 0. The third-order valence-electron chi connectivity index (χ3n) is 3.28. The monoisotopic (exact) mass is 283 g/mol. The summed E-state index contributed by atoms with van der Waals surface area (Å²) in [4.78, 5) is 0. The number of hydrogen-bond donors (Lipinski definition) is 2. The van der Waals surface area contributed by atoms with E-state index in [2.05, 4.69) is 4.72 Å². The third-order valence-corrected chi connectivity index (χ3v) is 4.78. The Labute approximate surface area is 115 Å². The topological polar surface area (TPSA) is 75.4 Å². The summed E-state index contributed by atoms with van der Waals surface area (Å²) in [5.41, 5.74) is 9.25. The van der Waals surface area contributed by atoms with E-state index < -0.39 is 10.2 Å². The average Bonchev–Trinajstić information content (AvgIpc) is 2.71. The lowest BCUT2D eigenvalue weighted by atomic mass is 10.1. The predicted molar refractivity (Wildman–Crippen MR) is 78.4 cm³/mol. The highest BCUT2D eigenvalue weighted by atomic mass is 32.2. The van der Waals surface area contributed by atoms with Crippen LogP contribution in [-0.2, 0) is 16.6 Å². The van der Waals surface area contributed by atoms with Crippen LogP contribution in [0, 0.1) is 12.8 Å². The van der Waals surface area contributed by atoms with Gasteiger partial charge in [-0.15, -0.1) is 0 Å². The molecule has 1 aromatic carbocycles. The summed E-state index contributed by atoms with van der Waals surface area (Å²) < 4.78 is 28.6. The normalized spacial score (nSPS) is 15.1. The number of nitrogen functional groups attached to an aromatic ring is 1. The summed E-state index contributed by atoms with van der Waals surface area (Å²) in [5.74, 6) is 0.278. The molecule has 5 nitrogen and oxygen atoms in total. The van der Waals surface area contributed by atoms with E-state index >= 15 is 0 Å². The van der Waals surface area contributed by atoms with Gasteiger partial charge in [0.1, 0.15) is 0 Å². The van der Waals surface area contributed by atoms with Crippen LogP contribution < -0.4 is 14.8 Å². The van der Waals surface area contributed by atoms with E-state index in [0.29, 0.717) is 24.5 Å². The molecule has 0 bridgehead atoms. The number of anilines is 2. The summed E-state index contributed by atoms with van der Waals surface area (Å²) in [5, 5.41) is 0. The zero-order valence-corrected chi connectivity index (χ0v) is 12.4. The summed E-state index contributed by atoms with van der Waals surface area (Å²) in [6.45, 7) is 6.80. The van der Waals surface area contributed by atoms with E-state index in [4.69, 9.17) is 5.73 Å². The minimum absolute atomic E-state index is 0.278. The highest BCUT2D eigenvalue weighted by Gasteiger charge is 2.29. The Kier molecular flexibility index (Phi) is 3.73. The molecule has 2 rings (SSSR count). The molecule has 1 aromatic rings. The third kappa shape index (κ3) is 2.84. The summed E-state index contributed by atoms with van der Waals surface area (Å²) in [6, 6.07) is 3.73. The highest BCUT2D eigenvalue weighted by molar-refractivity contribution is 7.90. The van der Waals surface area contributed by atoms with E-state index in [0.717, 1.165) is 17.5 Å². The first-order valence-corrected chi connectivity index (χ1v) is 7.91. The van der Waals surface area contributed by atoms with Crippen molar-refractivity contribution in [2.75, 3.05) is 23.1 Å². The van der Waals surface area contributed by atoms with Crippen molar-refractivity contribution in [1.82, 2.24) is 4.72 Å². The SMILES string of the molecule is Cc1cc2c(cc1N)N(S(=O)(=O)NCC(C)C)CC2. The van der Waals surface area contributed by atoms with Gasteiger partial charge in [0, 0.05) is 18.8 Å². The van der Waals surface area contributed by atoms with Crippen LogP contribution in [0.15, 0.2) is 12.1 Å². The van der Waals surface area contributed by atoms with Crippen LogP contribution >= 0.6 is 0 Å². The van der Waals surface area contributed by atoms with Crippen LogP contribution in [0.2, 0.25) is 0 Å². The Hall–Kier alpha value is -1.27. The number of fused-ring (bicyclic) bond motifs is 1. The lowest BCUT2D eigenvalue weighted by Gasteiger charge is -2.21. The molecule has 3 N–H and O–H groups in total. The molecule has 0 aromatic heterocycles. The molecule has 0 atom stereocenters. The van der Waals surface area contributed by atoms with Crippen molar-refractivity contribution >= 4 is 21.6 Å². The van der Waals surface area contributed by atoms with Gasteiger partial charge in [0.15, 0.2) is 0 Å². The van der Waals surface area contributed by atoms with Gasteiger partial charge in [-0.2, -0.15) is 13.1 Å². The van der Waals surface area contributed by atoms with Crippen molar-refractivity contribution in [2.45, 2.75) is 27.2 Å². The fourth-order valence-corrected chi connectivity index (χ4v) is 3.61. The van der Waals surface area contributed by atoms with Crippen LogP contribution in [0.4, 0.5) is 11.4 Å². The molecule has 0 radical (unpaired) electrons. The van der Waals surface area contributed by atoms with Crippen LogP contribution in [-0.4, -0.2) is 21.5 Å². The Morgan fingerprint density at radius 3 is 2.74 bits per heavy atom. The van der Waals surface area contributed by atoms with Gasteiger partial charge >= 0.3 is 10.2 Å². The molecule has 1 aliphatic rings. The Balaban J connectivity index is 2.29. The number of aryl methyl sites for hydroxylation is 1. The second-order valence-corrected chi connectivity index (χ2v) is 7.09. The number of benzene rings is 1. The van der Waals surface area contributed by atoms with Gasteiger partial charge in [0.05, 0.1) is 5.69 Å². The smallest absolute Gasteiger partial charge is 0.301 e. The van der Waals surface area contributed by atoms with Crippen molar-refractivity contribution in [3.8, 4) is 0 Å². The molecule has 0 amide bonds. The molecule has 0 fully saturated rings. The maximum atomic E-state index is 12.3. The van der Waals surface area contributed by atoms with Crippen molar-refractivity contribution < 1.29 is 8.42 Å². The van der Waals surface area contributed by atoms with Gasteiger partial charge in [-0.05, 0) is 36.5 Å². The molecule has 0 aliphatic carbocycles. The van der Waals surface area contributed by atoms with E-state index in [9.17, 15) is 8.42 Å².